The maximum atomic E-state index is 13.2. The summed E-state index contributed by atoms with van der Waals surface area (Å²) in [6.07, 6.45) is 1.83. The third-order valence-electron chi connectivity index (χ3n) is 5.57. The molecular weight excluding hydrogens is 565 g/mol. The normalized spacial score (nSPS) is 19.9. The van der Waals surface area contributed by atoms with E-state index in [4.69, 9.17) is 0 Å². The first-order valence-electron chi connectivity index (χ1n) is 11.7. The van der Waals surface area contributed by atoms with Crippen molar-refractivity contribution in [2.24, 2.45) is 18.0 Å². The number of amides is 1. The number of hydroxylamine groups is 1. The van der Waals surface area contributed by atoms with E-state index in [-0.39, 0.29) is 52.1 Å². The summed E-state index contributed by atoms with van der Waals surface area (Å²) < 4.78 is 1.17. The van der Waals surface area contributed by atoms with Gasteiger partial charge in [0.2, 0.25) is 5.91 Å². The van der Waals surface area contributed by atoms with Gasteiger partial charge in [-0.15, -0.1) is 11.8 Å². The first kappa shape index (κ1) is 32.9. The second-order valence-corrected chi connectivity index (χ2v) is 11.3. The molecule has 0 bridgehead atoms. The van der Waals surface area contributed by atoms with Gasteiger partial charge in [-0.2, -0.15) is 10.1 Å². The number of carboxylic acid groups (broad SMARTS) is 1. The molecule has 1 saturated heterocycles. The number of carbonyl (C=O) groups excluding carboxylic acids is 1. The van der Waals surface area contributed by atoms with E-state index in [0.717, 1.165) is 36.3 Å². The van der Waals surface area contributed by atoms with Gasteiger partial charge in [0.25, 0.3) is 5.56 Å². The number of nitrogens with zero attached hydrogens (tertiary/aromatic N) is 5. The van der Waals surface area contributed by atoms with Gasteiger partial charge < -0.3 is 20.7 Å². The zero-order chi connectivity index (χ0) is 27.1. The molecule has 204 valence electrons. The van der Waals surface area contributed by atoms with Crippen LogP contribution >= 0.6 is 35.3 Å². The van der Waals surface area contributed by atoms with E-state index < -0.39 is 34.7 Å². The maximum absolute atomic E-state index is 13.2. The number of amidine groups is 1. The molecule has 0 aromatic carbocycles. The number of fused-ring (bicyclic) bond motifs is 1. The number of thioether (sulfide) groups is 3. The molecule has 1 amide bonds. The Kier molecular flexibility index (Phi) is 13.4. The van der Waals surface area contributed by atoms with Gasteiger partial charge in [-0.1, -0.05) is 37.4 Å². The Bertz CT molecular complexity index is 1140. The van der Waals surface area contributed by atoms with Crippen LogP contribution in [0.25, 0.3) is 0 Å². The Hall–Kier alpha value is -1.27. The van der Waals surface area contributed by atoms with Crippen LogP contribution in [0.3, 0.4) is 0 Å². The van der Waals surface area contributed by atoms with Gasteiger partial charge in [0, 0.05) is 37.4 Å². The minimum Gasteiger partial charge on any atom is -0.854 e. The fourth-order valence-electron chi connectivity index (χ4n) is 3.76. The van der Waals surface area contributed by atoms with E-state index in [1.165, 1.54) is 40.2 Å². The predicted molar refractivity (Wildman–Crippen MR) is 141 cm³/mol. The zero-order valence-corrected chi connectivity index (χ0v) is 26.1. The van der Waals surface area contributed by atoms with E-state index in [1.54, 1.807) is 0 Å². The van der Waals surface area contributed by atoms with Crippen molar-refractivity contribution in [2.75, 3.05) is 30.3 Å². The molecule has 0 saturated carbocycles. The number of hydrogen-bond acceptors (Lipinski definition) is 12. The monoisotopic (exact) mass is 595 g/mol. The summed E-state index contributed by atoms with van der Waals surface area (Å²) in [6, 6.07) is -0.595. The first-order valence-corrected chi connectivity index (χ1v) is 14.7. The van der Waals surface area contributed by atoms with Crippen molar-refractivity contribution < 1.29 is 54.6 Å². The average Bonchev–Trinajstić information content (AvgIpc) is 2.87. The van der Waals surface area contributed by atoms with Crippen LogP contribution in [0.5, 0.6) is 5.88 Å². The van der Waals surface area contributed by atoms with Crippen LogP contribution in [-0.4, -0.2) is 88.8 Å². The van der Waals surface area contributed by atoms with Crippen LogP contribution in [0.2, 0.25) is 0 Å². The Balaban J connectivity index is 0.00000507. The summed E-state index contributed by atoms with van der Waals surface area (Å²) in [5.74, 6) is -2.35. The summed E-state index contributed by atoms with van der Waals surface area (Å²) in [5.41, 5.74) is 1.65. The smallest absolute Gasteiger partial charge is 0.854 e. The molecule has 3 unspecified atom stereocenters. The molecule has 1 aromatic heterocycles. The average molecular weight is 596 g/mol. The van der Waals surface area contributed by atoms with Crippen LogP contribution in [0, 0.1) is 5.92 Å². The third-order valence-corrected chi connectivity index (χ3v) is 9.11. The van der Waals surface area contributed by atoms with Gasteiger partial charge in [-0.25, -0.2) is 15.0 Å². The van der Waals surface area contributed by atoms with E-state index in [2.05, 4.69) is 25.9 Å². The van der Waals surface area contributed by atoms with Gasteiger partial charge in [0.15, 0.2) is 10.3 Å². The number of hydrogen-bond donors (Lipinski definition) is 4. The number of nitrogens with one attached hydrogen (secondary N) is 2. The van der Waals surface area contributed by atoms with Crippen molar-refractivity contribution in [2.45, 2.75) is 43.3 Å². The van der Waals surface area contributed by atoms with Crippen LogP contribution in [0.15, 0.2) is 26.2 Å². The molecule has 17 heteroatoms. The SMILES string of the molecule is CCCN=C(NCCC)SCC(NO)C1C(=O)N2C(C(=O)O)=C(CSc3nc(=O)c([O-])nn3C)CSC12.[Na+]. The number of aliphatic imine (C=N–C) groups is 1. The summed E-state index contributed by atoms with van der Waals surface area (Å²) >= 11 is 3.89. The van der Waals surface area contributed by atoms with Gasteiger partial charge in [0.05, 0.1) is 23.2 Å². The number of aliphatic carboxylic acids is 1. The quantitative estimate of drug-likeness (QED) is 0.0481. The predicted octanol–water partition coefficient (Wildman–Crippen LogP) is -2.94. The standard InChI is InChI=1S/C21H31N7O6S3.Na/c1-4-6-22-20(23-7-5-2)36-10-12(26-34)13-17(31)28-14(19(32)33)11(8-35-18(13)28)9-37-21-24-15(29)16(30)25-27(21)3;/h12-13,18,26,34H,4-10H2,1-3H3,(H,22,23)(H,25,30)(H,32,33);/q;+1/p-1. The first-order chi connectivity index (χ1) is 17.7. The van der Waals surface area contributed by atoms with E-state index in [9.17, 15) is 29.8 Å². The zero-order valence-electron chi connectivity index (χ0n) is 21.7. The maximum Gasteiger partial charge on any atom is 1.00 e. The summed E-state index contributed by atoms with van der Waals surface area (Å²) in [5, 5.41) is 38.4. The van der Waals surface area contributed by atoms with Crippen LogP contribution in [-0.2, 0) is 16.6 Å². The van der Waals surface area contributed by atoms with Crippen molar-refractivity contribution in [3.63, 3.8) is 0 Å². The molecule has 3 atom stereocenters. The number of aromatic nitrogens is 3. The van der Waals surface area contributed by atoms with Gasteiger partial charge in [0.1, 0.15) is 5.70 Å². The molecule has 4 N–H and O–H groups in total. The van der Waals surface area contributed by atoms with E-state index in [1.807, 2.05) is 13.8 Å². The summed E-state index contributed by atoms with van der Waals surface area (Å²) in [7, 11) is 1.47. The molecule has 2 aliphatic rings. The molecule has 3 rings (SSSR count). The summed E-state index contributed by atoms with van der Waals surface area (Å²) in [6.45, 7) is 5.50. The van der Waals surface area contributed by atoms with E-state index in [0.29, 0.717) is 23.6 Å². The minimum atomic E-state index is -1.23. The van der Waals surface area contributed by atoms with Crippen molar-refractivity contribution >= 4 is 52.3 Å². The Morgan fingerprint density at radius 1 is 1.34 bits per heavy atom. The Labute approximate surface area is 254 Å². The van der Waals surface area contributed by atoms with Crippen molar-refractivity contribution in [1.29, 1.82) is 0 Å². The fraction of sp³-hybridized carbons (Fsp3) is 0.619. The van der Waals surface area contributed by atoms with Crippen LogP contribution in [0.1, 0.15) is 26.7 Å². The third kappa shape index (κ3) is 7.68. The Morgan fingerprint density at radius 2 is 2.08 bits per heavy atom. The largest absolute Gasteiger partial charge is 1.00 e. The molecule has 38 heavy (non-hydrogen) atoms. The number of rotatable bonds is 12. The molecule has 13 nitrogen and oxygen atoms in total. The number of carboxylic acids is 1. The van der Waals surface area contributed by atoms with Gasteiger partial charge >= 0.3 is 35.5 Å². The molecule has 1 fully saturated rings. The molecule has 0 radical (unpaired) electrons. The molecule has 2 aliphatic heterocycles. The molecule has 0 aliphatic carbocycles. The van der Waals surface area contributed by atoms with Gasteiger partial charge in [-0.05, 0) is 18.4 Å². The van der Waals surface area contributed by atoms with Crippen molar-refractivity contribution in [3.8, 4) is 5.88 Å². The molecule has 3 heterocycles. The second kappa shape index (κ2) is 15.5. The molecular formula is C21H30N7NaO6S3. The number of carbonyl (C=O) groups is 2. The van der Waals surface area contributed by atoms with Crippen molar-refractivity contribution in [3.05, 3.63) is 21.6 Å². The van der Waals surface area contributed by atoms with Crippen LogP contribution < -0.4 is 51.0 Å². The molecule has 1 aromatic rings. The summed E-state index contributed by atoms with van der Waals surface area (Å²) in [4.78, 5) is 46.4. The van der Waals surface area contributed by atoms with Crippen molar-refractivity contribution in [1.82, 2.24) is 30.5 Å². The number of aryl methyl sites for hydroxylation is 1. The van der Waals surface area contributed by atoms with Crippen LogP contribution in [0.4, 0.5) is 0 Å². The van der Waals surface area contributed by atoms with Gasteiger partial charge in [-0.3, -0.25) is 19.5 Å². The minimum absolute atomic E-state index is 0. The molecule has 0 spiro atoms. The Morgan fingerprint density at radius 3 is 2.71 bits per heavy atom. The topological polar surface area (TPSA) is 185 Å². The van der Waals surface area contributed by atoms with E-state index >= 15 is 0 Å². The number of β-lactam (4-membered cyclic amide) rings is 1. The second-order valence-electron chi connectivity index (χ2n) is 8.27. The fourth-order valence-corrected chi connectivity index (χ4v) is 7.29.